The Hall–Kier alpha value is -2.88. The van der Waals surface area contributed by atoms with Crippen LogP contribution < -0.4 is 5.73 Å². The summed E-state index contributed by atoms with van der Waals surface area (Å²) in [6, 6.07) is 9.10. The second kappa shape index (κ2) is 9.64. The predicted molar refractivity (Wildman–Crippen MR) is 133 cm³/mol. The number of halogens is 2. The van der Waals surface area contributed by atoms with E-state index in [2.05, 4.69) is 25.9 Å². The number of hydrogen-bond acceptors (Lipinski definition) is 6. The average Bonchev–Trinajstić information content (AvgIpc) is 3.15. The van der Waals surface area contributed by atoms with Crippen molar-refractivity contribution in [2.75, 3.05) is 12.3 Å². The molecule has 0 radical (unpaired) electrons. The zero-order chi connectivity index (χ0) is 24.7. The van der Waals surface area contributed by atoms with Crippen molar-refractivity contribution in [2.45, 2.75) is 50.3 Å². The molecule has 7 nitrogen and oxygen atoms in total. The summed E-state index contributed by atoms with van der Waals surface area (Å²) in [7, 11) is 0. The average molecular weight is 541 g/mol. The van der Waals surface area contributed by atoms with Gasteiger partial charge in [-0.3, -0.25) is 9.78 Å². The van der Waals surface area contributed by atoms with E-state index in [0.29, 0.717) is 27.1 Å². The first-order valence-electron chi connectivity index (χ1n) is 11.7. The van der Waals surface area contributed by atoms with E-state index in [1.165, 1.54) is 12.1 Å². The summed E-state index contributed by atoms with van der Waals surface area (Å²) in [4.78, 5) is 23.9. The van der Waals surface area contributed by atoms with Crippen molar-refractivity contribution in [3.63, 3.8) is 0 Å². The maximum atomic E-state index is 14.0. The number of aliphatic hydroxyl groups excluding tert-OH is 2. The van der Waals surface area contributed by atoms with Crippen LogP contribution in [0, 0.1) is 5.82 Å². The van der Waals surface area contributed by atoms with Crippen molar-refractivity contribution in [1.82, 2.24) is 14.9 Å². The summed E-state index contributed by atoms with van der Waals surface area (Å²) >= 11 is 3.28. The Kier molecular flexibility index (Phi) is 6.57. The van der Waals surface area contributed by atoms with Crippen LogP contribution in [-0.2, 0) is 6.54 Å². The summed E-state index contributed by atoms with van der Waals surface area (Å²) in [6.07, 6.45) is 4.74. The molecular weight excluding hydrogens is 515 g/mol. The Bertz CT molecular complexity index is 1260. The van der Waals surface area contributed by atoms with Crippen LogP contribution >= 0.6 is 15.9 Å². The second-order valence-corrected chi connectivity index (χ2v) is 10.2. The first-order chi connectivity index (χ1) is 16.8. The van der Waals surface area contributed by atoms with Gasteiger partial charge in [0.15, 0.2) is 0 Å². The number of carbonyl (C=O) groups excluding carboxylic acids is 1. The fraction of sp³-hybridized carbons (Fsp3) is 0.346. The molecule has 1 aromatic heterocycles. The summed E-state index contributed by atoms with van der Waals surface area (Å²) < 4.78 is 14.5. The molecule has 0 unspecified atom stereocenters. The molecule has 3 aromatic rings. The van der Waals surface area contributed by atoms with E-state index in [1.807, 2.05) is 6.07 Å². The van der Waals surface area contributed by atoms with Crippen molar-refractivity contribution in [2.24, 2.45) is 0 Å². The first kappa shape index (κ1) is 23.8. The topological polar surface area (TPSA) is 113 Å². The van der Waals surface area contributed by atoms with E-state index >= 15 is 0 Å². The van der Waals surface area contributed by atoms with Gasteiger partial charge < -0.3 is 20.8 Å². The lowest BCUT2D eigenvalue weighted by atomic mass is 9.85. The third-order valence-electron chi connectivity index (χ3n) is 6.96. The van der Waals surface area contributed by atoms with Crippen LogP contribution in [0.5, 0.6) is 0 Å². The van der Waals surface area contributed by atoms with E-state index in [9.17, 15) is 19.4 Å². The summed E-state index contributed by atoms with van der Waals surface area (Å²) in [5.74, 6) is -0.0969. The van der Waals surface area contributed by atoms with Gasteiger partial charge in [-0.05, 0) is 67.1 Å². The van der Waals surface area contributed by atoms with Gasteiger partial charge in [0.25, 0.3) is 5.91 Å². The standard InChI is InChI=1S/C26H26BrFN4O3/c27-18-8-16(9-19(28)10-18)23(13-33)32-12-17-7-15(3-6-21(17)26(32)35)24-25(29)31-22(11-30-24)14-1-4-20(34)5-2-14/h3,6-11,14,20,23,33-34H,1-2,4-5,12-13H2,(H2,29,31)/t14?,20?,23-/m1/s1. The molecule has 5 rings (SSSR count). The molecule has 2 heterocycles. The van der Waals surface area contributed by atoms with Gasteiger partial charge in [0.2, 0.25) is 0 Å². The molecule has 1 saturated carbocycles. The lowest BCUT2D eigenvalue weighted by molar-refractivity contribution is 0.0615. The van der Waals surface area contributed by atoms with Crippen LogP contribution in [0.4, 0.5) is 10.2 Å². The number of amides is 1. The highest BCUT2D eigenvalue weighted by molar-refractivity contribution is 9.10. The lowest BCUT2D eigenvalue weighted by Crippen LogP contribution is -2.31. The minimum Gasteiger partial charge on any atom is -0.394 e. The highest BCUT2D eigenvalue weighted by Gasteiger charge is 2.34. The van der Waals surface area contributed by atoms with E-state index < -0.39 is 11.9 Å². The molecule has 0 bridgehead atoms. The molecule has 4 N–H and O–H groups in total. The van der Waals surface area contributed by atoms with Crippen LogP contribution in [0.25, 0.3) is 11.3 Å². The maximum absolute atomic E-state index is 14.0. The number of nitrogen functional groups attached to an aromatic ring is 1. The van der Waals surface area contributed by atoms with E-state index in [4.69, 9.17) is 5.73 Å². The highest BCUT2D eigenvalue weighted by Crippen LogP contribution is 2.36. The summed E-state index contributed by atoms with van der Waals surface area (Å²) in [5, 5.41) is 19.8. The van der Waals surface area contributed by atoms with Gasteiger partial charge in [-0.25, -0.2) is 9.37 Å². The third-order valence-corrected chi connectivity index (χ3v) is 7.42. The molecule has 0 saturated heterocycles. The molecular formula is C26H26BrFN4O3. The Morgan fingerprint density at radius 2 is 1.94 bits per heavy atom. The fourth-order valence-electron chi connectivity index (χ4n) is 5.10. The highest BCUT2D eigenvalue weighted by atomic mass is 79.9. The van der Waals surface area contributed by atoms with Gasteiger partial charge in [-0.2, -0.15) is 0 Å². The number of fused-ring (bicyclic) bond motifs is 1. The Morgan fingerprint density at radius 3 is 2.63 bits per heavy atom. The smallest absolute Gasteiger partial charge is 0.255 e. The molecule has 35 heavy (non-hydrogen) atoms. The Labute approximate surface area is 211 Å². The molecule has 1 aliphatic heterocycles. The van der Waals surface area contributed by atoms with Crippen LogP contribution in [0.1, 0.15) is 64.8 Å². The van der Waals surface area contributed by atoms with Crippen molar-refractivity contribution in [1.29, 1.82) is 0 Å². The normalized spacial score (nSPS) is 20.7. The summed E-state index contributed by atoms with van der Waals surface area (Å²) in [6.45, 7) is -0.0578. The minimum absolute atomic E-state index is 0.222. The maximum Gasteiger partial charge on any atom is 0.255 e. The zero-order valence-corrected chi connectivity index (χ0v) is 20.6. The minimum atomic E-state index is -0.677. The van der Waals surface area contributed by atoms with Crippen LogP contribution in [0.3, 0.4) is 0 Å². The largest absolute Gasteiger partial charge is 0.394 e. The zero-order valence-electron chi connectivity index (χ0n) is 19.0. The third kappa shape index (κ3) is 4.68. The number of aromatic nitrogens is 2. The number of nitrogens with two attached hydrogens (primary N) is 1. The molecule has 1 atom stereocenters. The van der Waals surface area contributed by atoms with Crippen LogP contribution in [-0.4, -0.2) is 43.7 Å². The molecule has 0 spiro atoms. The van der Waals surface area contributed by atoms with Gasteiger partial charge in [0.05, 0.1) is 24.4 Å². The van der Waals surface area contributed by atoms with Crippen LogP contribution in [0.2, 0.25) is 0 Å². The number of rotatable bonds is 5. The van der Waals surface area contributed by atoms with Crippen molar-refractivity contribution < 1.29 is 19.4 Å². The van der Waals surface area contributed by atoms with Gasteiger partial charge in [-0.1, -0.05) is 22.0 Å². The number of aliphatic hydroxyl groups is 2. The van der Waals surface area contributed by atoms with Crippen molar-refractivity contribution >= 4 is 27.7 Å². The van der Waals surface area contributed by atoms with Gasteiger partial charge in [0, 0.05) is 34.3 Å². The van der Waals surface area contributed by atoms with Crippen molar-refractivity contribution in [3.8, 4) is 11.3 Å². The first-order valence-corrected chi connectivity index (χ1v) is 12.4. The molecule has 1 amide bonds. The molecule has 9 heteroatoms. The second-order valence-electron chi connectivity index (χ2n) is 9.24. The molecule has 2 aliphatic rings. The van der Waals surface area contributed by atoms with E-state index in [-0.39, 0.29) is 31.1 Å². The number of benzene rings is 2. The van der Waals surface area contributed by atoms with Crippen LogP contribution in [0.15, 0.2) is 47.1 Å². The Morgan fingerprint density at radius 1 is 1.17 bits per heavy atom. The predicted octanol–water partition coefficient (Wildman–Crippen LogP) is 4.34. The monoisotopic (exact) mass is 540 g/mol. The Balaban J connectivity index is 1.40. The fourth-order valence-corrected chi connectivity index (χ4v) is 5.59. The van der Waals surface area contributed by atoms with E-state index in [1.54, 1.807) is 29.3 Å². The lowest BCUT2D eigenvalue weighted by Gasteiger charge is -2.26. The molecule has 1 fully saturated rings. The van der Waals surface area contributed by atoms with Gasteiger partial charge in [-0.15, -0.1) is 0 Å². The number of hydrogen-bond donors (Lipinski definition) is 3. The molecule has 1 aliphatic carbocycles. The van der Waals surface area contributed by atoms with Crippen molar-refractivity contribution in [3.05, 3.63) is 75.3 Å². The number of anilines is 1. The number of nitrogens with zero attached hydrogens (tertiary/aromatic N) is 3. The molecule has 182 valence electrons. The van der Waals surface area contributed by atoms with Gasteiger partial charge in [0.1, 0.15) is 17.3 Å². The summed E-state index contributed by atoms with van der Waals surface area (Å²) in [5.41, 5.74) is 10.3. The van der Waals surface area contributed by atoms with Gasteiger partial charge >= 0.3 is 0 Å². The quantitative estimate of drug-likeness (QED) is 0.443. The van der Waals surface area contributed by atoms with E-state index in [0.717, 1.165) is 42.5 Å². The SMILES string of the molecule is Nc1nc(C2CCC(O)CC2)cnc1-c1ccc2c(c1)CN([C@H](CO)c1cc(F)cc(Br)c1)C2=O. The molecule has 2 aromatic carbocycles. The number of carbonyl (C=O) groups is 1.